The van der Waals surface area contributed by atoms with Gasteiger partial charge in [-0.15, -0.1) is 0 Å². The summed E-state index contributed by atoms with van der Waals surface area (Å²) in [4.78, 5) is 0. The van der Waals surface area contributed by atoms with Crippen LogP contribution in [0.15, 0.2) is 36.4 Å². The lowest BCUT2D eigenvalue weighted by molar-refractivity contribution is 0.302. The standard InChI is InChI=1S/C24H34/c1-3-5-6-7-8-20-10-12-21(13-11-20)23-16-15-22-17-19(4-2)9-14-24(22)18-23/h9,14-18,20-21H,3-8,10-13H2,1-2H3. The van der Waals surface area contributed by atoms with Gasteiger partial charge in [-0.05, 0) is 65.8 Å². The van der Waals surface area contributed by atoms with Gasteiger partial charge in [0.05, 0.1) is 0 Å². The minimum absolute atomic E-state index is 0.798. The summed E-state index contributed by atoms with van der Waals surface area (Å²) < 4.78 is 0. The predicted octanol–water partition coefficient (Wildman–Crippen LogP) is 7.65. The van der Waals surface area contributed by atoms with Gasteiger partial charge >= 0.3 is 0 Å². The molecule has 24 heavy (non-hydrogen) atoms. The summed E-state index contributed by atoms with van der Waals surface area (Å²) in [7, 11) is 0. The molecule has 0 radical (unpaired) electrons. The summed E-state index contributed by atoms with van der Waals surface area (Å²) in [5, 5.41) is 2.83. The maximum Gasteiger partial charge on any atom is -0.0162 e. The van der Waals surface area contributed by atoms with Crippen LogP contribution in [0.1, 0.15) is 88.7 Å². The van der Waals surface area contributed by atoms with Gasteiger partial charge in [-0.1, -0.05) is 82.3 Å². The fourth-order valence-corrected chi connectivity index (χ4v) is 4.43. The van der Waals surface area contributed by atoms with E-state index in [1.165, 1.54) is 74.1 Å². The fourth-order valence-electron chi connectivity index (χ4n) is 4.43. The first-order valence-corrected chi connectivity index (χ1v) is 10.3. The Kier molecular flexibility index (Phi) is 6.35. The average Bonchev–Trinajstić information content (AvgIpc) is 2.65. The number of hydrogen-bond donors (Lipinski definition) is 0. The number of hydrogen-bond acceptors (Lipinski definition) is 0. The monoisotopic (exact) mass is 322 g/mol. The van der Waals surface area contributed by atoms with Crippen molar-refractivity contribution < 1.29 is 0 Å². The van der Waals surface area contributed by atoms with E-state index in [4.69, 9.17) is 0 Å². The van der Waals surface area contributed by atoms with Crippen LogP contribution in [0.2, 0.25) is 0 Å². The molecule has 0 amide bonds. The third kappa shape index (κ3) is 4.41. The Labute approximate surface area is 148 Å². The van der Waals surface area contributed by atoms with Crippen LogP contribution in [0.4, 0.5) is 0 Å². The van der Waals surface area contributed by atoms with Crippen molar-refractivity contribution in [2.75, 3.05) is 0 Å². The molecule has 0 unspecified atom stereocenters. The van der Waals surface area contributed by atoms with Gasteiger partial charge in [0, 0.05) is 0 Å². The second-order valence-electron chi connectivity index (χ2n) is 7.86. The first kappa shape index (κ1) is 17.5. The largest absolute Gasteiger partial charge is 0.0654 e. The lowest BCUT2D eigenvalue weighted by atomic mass is 9.76. The maximum atomic E-state index is 2.46. The second-order valence-corrected chi connectivity index (χ2v) is 7.86. The van der Waals surface area contributed by atoms with Gasteiger partial charge in [0.1, 0.15) is 0 Å². The van der Waals surface area contributed by atoms with E-state index in [0.717, 1.165) is 18.3 Å². The molecule has 0 heterocycles. The van der Waals surface area contributed by atoms with E-state index in [1.807, 2.05) is 0 Å². The molecular weight excluding hydrogens is 288 g/mol. The van der Waals surface area contributed by atoms with E-state index < -0.39 is 0 Å². The highest BCUT2D eigenvalue weighted by Crippen LogP contribution is 2.38. The van der Waals surface area contributed by atoms with E-state index in [0.29, 0.717) is 0 Å². The van der Waals surface area contributed by atoms with Crippen LogP contribution in [0, 0.1) is 5.92 Å². The molecule has 1 fully saturated rings. The van der Waals surface area contributed by atoms with Gasteiger partial charge in [0.25, 0.3) is 0 Å². The third-order valence-corrected chi connectivity index (χ3v) is 6.12. The van der Waals surface area contributed by atoms with Crippen LogP contribution >= 0.6 is 0 Å². The minimum atomic E-state index is 0.798. The van der Waals surface area contributed by atoms with E-state index in [2.05, 4.69) is 50.2 Å². The first-order valence-electron chi connectivity index (χ1n) is 10.3. The molecule has 1 saturated carbocycles. The zero-order valence-corrected chi connectivity index (χ0v) is 15.7. The number of unbranched alkanes of at least 4 members (excludes halogenated alkanes) is 3. The Morgan fingerprint density at radius 2 is 1.54 bits per heavy atom. The van der Waals surface area contributed by atoms with Crippen molar-refractivity contribution in [1.82, 2.24) is 0 Å². The number of aryl methyl sites for hydroxylation is 1. The lowest BCUT2D eigenvalue weighted by Gasteiger charge is -2.29. The van der Waals surface area contributed by atoms with Crippen molar-refractivity contribution in [3.05, 3.63) is 47.5 Å². The number of rotatable bonds is 7. The normalized spacial score (nSPS) is 21.2. The smallest absolute Gasteiger partial charge is 0.0162 e. The molecular formula is C24H34. The molecule has 0 saturated heterocycles. The summed E-state index contributed by atoms with van der Waals surface area (Å²) >= 11 is 0. The van der Waals surface area contributed by atoms with Crippen molar-refractivity contribution in [3.63, 3.8) is 0 Å². The Bertz CT molecular complexity index is 632. The first-order chi connectivity index (χ1) is 11.8. The summed E-state index contributed by atoms with van der Waals surface area (Å²) in [6, 6.07) is 14.2. The molecule has 0 bridgehead atoms. The molecule has 2 aromatic carbocycles. The maximum absolute atomic E-state index is 2.46. The summed E-state index contributed by atoms with van der Waals surface area (Å²) in [5.41, 5.74) is 3.02. The number of benzene rings is 2. The molecule has 0 N–H and O–H groups in total. The molecule has 130 valence electrons. The summed E-state index contributed by atoms with van der Waals surface area (Å²) in [6.45, 7) is 4.54. The SMILES string of the molecule is CCCCCCC1CCC(c2ccc3cc(CC)ccc3c2)CC1. The highest BCUT2D eigenvalue weighted by Gasteiger charge is 2.22. The van der Waals surface area contributed by atoms with Crippen molar-refractivity contribution in [2.24, 2.45) is 5.92 Å². The predicted molar refractivity (Wildman–Crippen MR) is 107 cm³/mol. The zero-order chi connectivity index (χ0) is 16.8. The van der Waals surface area contributed by atoms with Gasteiger partial charge in [0.2, 0.25) is 0 Å². The van der Waals surface area contributed by atoms with Gasteiger partial charge in [-0.25, -0.2) is 0 Å². The van der Waals surface area contributed by atoms with Crippen LogP contribution in [-0.2, 0) is 6.42 Å². The topological polar surface area (TPSA) is 0 Å². The highest BCUT2D eigenvalue weighted by atomic mass is 14.3. The molecule has 2 aromatic rings. The number of fused-ring (bicyclic) bond motifs is 1. The van der Waals surface area contributed by atoms with E-state index >= 15 is 0 Å². The highest BCUT2D eigenvalue weighted by molar-refractivity contribution is 5.84. The quantitative estimate of drug-likeness (QED) is 0.459. The molecule has 0 heteroatoms. The van der Waals surface area contributed by atoms with Crippen LogP contribution in [-0.4, -0.2) is 0 Å². The average molecular weight is 323 g/mol. The molecule has 3 rings (SSSR count). The fraction of sp³-hybridized carbons (Fsp3) is 0.583. The Morgan fingerprint density at radius 3 is 2.29 bits per heavy atom. The third-order valence-electron chi connectivity index (χ3n) is 6.12. The van der Waals surface area contributed by atoms with Gasteiger partial charge in [-0.2, -0.15) is 0 Å². The molecule has 0 aliphatic heterocycles. The van der Waals surface area contributed by atoms with Crippen LogP contribution in [0.5, 0.6) is 0 Å². The van der Waals surface area contributed by atoms with Crippen LogP contribution in [0.3, 0.4) is 0 Å². The Hall–Kier alpha value is -1.30. The lowest BCUT2D eigenvalue weighted by Crippen LogP contribution is -2.13. The van der Waals surface area contributed by atoms with Gasteiger partial charge in [-0.3, -0.25) is 0 Å². The van der Waals surface area contributed by atoms with Crippen molar-refractivity contribution in [2.45, 2.75) is 84.0 Å². The van der Waals surface area contributed by atoms with Gasteiger partial charge < -0.3 is 0 Å². The van der Waals surface area contributed by atoms with Gasteiger partial charge in [0.15, 0.2) is 0 Å². The molecule has 0 aromatic heterocycles. The van der Waals surface area contributed by atoms with Crippen molar-refractivity contribution in [3.8, 4) is 0 Å². The molecule has 0 spiro atoms. The summed E-state index contributed by atoms with van der Waals surface area (Å²) in [5.74, 6) is 1.80. The van der Waals surface area contributed by atoms with Crippen molar-refractivity contribution in [1.29, 1.82) is 0 Å². The Morgan fingerprint density at radius 1 is 0.792 bits per heavy atom. The second kappa shape index (κ2) is 8.70. The zero-order valence-electron chi connectivity index (χ0n) is 15.7. The molecule has 0 atom stereocenters. The van der Waals surface area contributed by atoms with E-state index in [-0.39, 0.29) is 0 Å². The van der Waals surface area contributed by atoms with E-state index in [9.17, 15) is 0 Å². The minimum Gasteiger partial charge on any atom is -0.0654 e. The molecule has 0 nitrogen and oxygen atoms in total. The molecule has 1 aliphatic carbocycles. The summed E-state index contributed by atoms with van der Waals surface area (Å²) in [6.07, 6.45) is 14.0. The Balaban J connectivity index is 1.57. The van der Waals surface area contributed by atoms with Crippen LogP contribution < -0.4 is 0 Å². The van der Waals surface area contributed by atoms with E-state index in [1.54, 1.807) is 5.56 Å². The van der Waals surface area contributed by atoms with Crippen LogP contribution in [0.25, 0.3) is 10.8 Å². The van der Waals surface area contributed by atoms with Crippen molar-refractivity contribution >= 4 is 10.8 Å². The molecule has 1 aliphatic rings.